The average Bonchev–Trinajstić information content (AvgIpc) is 2.59. The third-order valence-corrected chi connectivity index (χ3v) is 3.88. The first-order chi connectivity index (χ1) is 11.5. The number of hydrogen-bond donors (Lipinski definition) is 1. The monoisotopic (exact) mass is 332 g/mol. The van der Waals surface area contributed by atoms with Crippen molar-refractivity contribution >= 4 is 17.7 Å². The maximum atomic E-state index is 12.3. The predicted molar refractivity (Wildman–Crippen MR) is 89.0 cm³/mol. The maximum absolute atomic E-state index is 12.3. The third-order valence-electron chi connectivity index (χ3n) is 3.88. The standard InChI is InChI=1S/C17H24N4O3/c1-13(2)19-16(23)17(24)21-10-8-20(9-11-21)15(22)6-5-14-4-3-7-18-12-14/h3-4,7,12-13H,5-6,8-11H2,1-2H3,(H,19,23). The summed E-state index contributed by atoms with van der Waals surface area (Å²) in [5.74, 6) is -1.04. The highest BCUT2D eigenvalue weighted by Gasteiger charge is 2.27. The van der Waals surface area contributed by atoms with E-state index >= 15 is 0 Å². The van der Waals surface area contributed by atoms with Gasteiger partial charge in [-0.2, -0.15) is 0 Å². The summed E-state index contributed by atoms with van der Waals surface area (Å²) in [5.41, 5.74) is 1.03. The van der Waals surface area contributed by atoms with Crippen LogP contribution in [0.3, 0.4) is 0 Å². The van der Waals surface area contributed by atoms with E-state index < -0.39 is 11.8 Å². The Morgan fingerprint density at radius 1 is 1.17 bits per heavy atom. The minimum absolute atomic E-state index is 0.0672. The van der Waals surface area contributed by atoms with Crippen LogP contribution in [0.4, 0.5) is 0 Å². The minimum atomic E-state index is -0.582. The number of carbonyl (C=O) groups is 3. The Balaban J connectivity index is 1.76. The van der Waals surface area contributed by atoms with Gasteiger partial charge in [-0.15, -0.1) is 0 Å². The molecule has 1 N–H and O–H groups in total. The van der Waals surface area contributed by atoms with E-state index in [1.165, 1.54) is 4.90 Å². The van der Waals surface area contributed by atoms with Gasteiger partial charge in [-0.05, 0) is 31.9 Å². The Morgan fingerprint density at radius 3 is 2.42 bits per heavy atom. The Labute approximate surface area is 142 Å². The molecule has 24 heavy (non-hydrogen) atoms. The van der Waals surface area contributed by atoms with Crippen LogP contribution in [-0.2, 0) is 20.8 Å². The molecule has 1 saturated heterocycles. The minimum Gasteiger partial charge on any atom is -0.346 e. The van der Waals surface area contributed by atoms with Crippen LogP contribution in [0.25, 0.3) is 0 Å². The van der Waals surface area contributed by atoms with Gasteiger partial charge in [-0.3, -0.25) is 19.4 Å². The fraction of sp³-hybridized carbons (Fsp3) is 0.529. The molecule has 1 aromatic rings. The van der Waals surface area contributed by atoms with Crippen LogP contribution in [0.5, 0.6) is 0 Å². The molecule has 3 amide bonds. The molecule has 1 aliphatic rings. The topological polar surface area (TPSA) is 82.6 Å². The second-order valence-electron chi connectivity index (χ2n) is 6.16. The SMILES string of the molecule is CC(C)NC(=O)C(=O)N1CCN(C(=O)CCc2cccnc2)CC1. The van der Waals surface area contributed by atoms with Gasteiger partial charge in [-0.25, -0.2) is 0 Å². The number of aryl methyl sites for hydroxylation is 1. The maximum Gasteiger partial charge on any atom is 0.312 e. The Kier molecular flexibility index (Phi) is 6.28. The number of pyridine rings is 1. The largest absolute Gasteiger partial charge is 0.346 e. The van der Waals surface area contributed by atoms with Crippen molar-refractivity contribution in [2.45, 2.75) is 32.7 Å². The second kappa shape index (κ2) is 8.42. The van der Waals surface area contributed by atoms with Gasteiger partial charge >= 0.3 is 11.8 Å². The van der Waals surface area contributed by atoms with Crippen molar-refractivity contribution < 1.29 is 14.4 Å². The van der Waals surface area contributed by atoms with Crippen molar-refractivity contribution in [3.8, 4) is 0 Å². The average molecular weight is 332 g/mol. The van der Waals surface area contributed by atoms with E-state index in [1.807, 2.05) is 26.0 Å². The van der Waals surface area contributed by atoms with Crippen LogP contribution in [0.15, 0.2) is 24.5 Å². The Morgan fingerprint density at radius 2 is 1.83 bits per heavy atom. The van der Waals surface area contributed by atoms with E-state index in [-0.39, 0.29) is 11.9 Å². The molecule has 1 fully saturated rings. The molecule has 0 unspecified atom stereocenters. The predicted octanol–water partition coefficient (Wildman–Crippen LogP) is 0.210. The number of nitrogens with zero attached hydrogens (tertiary/aromatic N) is 3. The quantitative estimate of drug-likeness (QED) is 0.799. The van der Waals surface area contributed by atoms with Crippen LogP contribution in [-0.4, -0.2) is 64.7 Å². The van der Waals surface area contributed by atoms with E-state index in [9.17, 15) is 14.4 Å². The van der Waals surface area contributed by atoms with Gasteiger partial charge in [0.2, 0.25) is 5.91 Å². The van der Waals surface area contributed by atoms with Gasteiger partial charge in [0.1, 0.15) is 0 Å². The molecule has 1 aromatic heterocycles. The number of nitrogens with one attached hydrogen (secondary N) is 1. The Bertz CT molecular complexity index is 581. The summed E-state index contributed by atoms with van der Waals surface area (Å²) in [5, 5.41) is 2.60. The van der Waals surface area contributed by atoms with E-state index in [0.29, 0.717) is 39.0 Å². The van der Waals surface area contributed by atoms with Gasteiger partial charge in [0.05, 0.1) is 0 Å². The summed E-state index contributed by atoms with van der Waals surface area (Å²) >= 11 is 0. The van der Waals surface area contributed by atoms with Gasteiger partial charge in [0.25, 0.3) is 0 Å². The molecule has 7 nitrogen and oxygen atoms in total. The number of hydrogen-bond acceptors (Lipinski definition) is 4. The fourth-order valence-corrected chi connectivity index (χ4v) is 2.58. The van der Waals surface area contributed by atoms with Crippen LogP contribution in [0.2, 0.25) is 0 Å². The summed E-state index contributed by atoms with van der Waals surface area (Å²) in [6.45, 7) is 5.33. The highest BCUT2D eigenvalue weighted by atomic mass is 16.2. The summed E-state index contributed by atoms with van der Waals surface area (Å²) in [6.07, 6.45) is 4.55. The Hall–Kier alpha value is -2.44. The van der Waals surface area contributed by atoms with Crippen molar-refractivity contribution in [3.63, 3.8) is 0 Å². The van der Waals surface area contributed by atoms with Crippen molar-refractivity contribution in [1.29, 1.82) is 0 Å². The van der Waals surface area contributed by atoms with E-state index in [1.54, 1.807) is 17.3 Å². The highest BCUT2D eigenvalue weighted by molar-refractivity contribution is 6.35. The van der Waals surface area contributed by atoms with Crippen molar-refractivity contribution in [3.05, 3.63) is 30.1 Å². The molecular weight excluding hydrogens is 308 g/mol. The summed E-state index contributed by atoms with van der Waals surface area (Å²) in [7, 11) is 0. The van der Waals surface area contributed by atoms with Crippen LogP contribution >= 0.6 is 0 Å². The highest BCUT2D eigenvalue weighted by Crippen LogP contribution is 2.07. The number of amides is 3. The fourth-order valence-electron chi connectivity index (χ4n) is 2.58. The molecular formula is C17H24N4O3. The lowest BCUT2D eigenvalue weighted by Gasteiger charge is -2.34. The first-order valence-corrected chi connectivity index (χ1v) is 8.24. The molecule has 0 spiro atoms. The number of aromatic nitrogens is 1. The van der Waals surface area contributed by atoms with E-state index in [0.717, 1.165) is 5.56 Å². The first kappa shape index (κ1) is 17.9. The van der Waals surface area contributed by atoms with Gasteiger partial charge in [0, 0.05) is 51.0 Å². The molecule has 0 aliphatic carbocycles. The zero-order valence-corrected chi connectivity index (χ0v) is 14.2. The molecule has 0 atom stereocenters. The molecule has 0 radical (unpaired) electrons. The molecule has 0 aromatic carbocycles. The van der Waals surface area contributed by atoms with Crippen LogP contribution in [0.1, 0.15) is 25.8 Å². The van der Waals surface area contributed by atoms with Gasteiger partial charge in [-0.1, -0.05) is 6.07 Å². The summed E-state index contributed by atoms with van der Waals surface area (Å²) in [4.78, 5) is 43.3. The zero-order chi connectivity index (χ0) is 17.5. The third kappa shape index (κ3) is 5.04. The molecule has 130 valence electrons. The molecule has 7 heteroatoms. The number of rotatable bonds is 4. The summed E-state index contributed by atoms with van der Waals surface area (Å²) in [6, 6.07) is 3.73. The normalized spacial score (nSPS) is 14.6. The lowest BCUT2D eigenvalue weighted by molar-refractivity contribution is -0.148. The van der Waals surface area contributed by atoms with Crippen molar-refractivity contribution in [2.75, 3.05) is 26.2 Å². The molecule has 0 bridgehead atoms. The zero-order valence-electron chi connectivity index (χ0n) is 14.2. The van der Waals surface area contributed by atoms with Gasteiger partial charge in [0.15, 0.2) is 0 Å². The molecule has 1 aliphatic heterocycles. The smallest absolute Gasteiger partial charge is 0.312 e. The van der Waals surface area contributed by atoms with Gasteiger partial charge < -0.3 is 15.1 Å². The second-order valence-corrected chi connectivity index (χ2v) is 6.16. The summed E-state index contributed by atoms with van der Waals surface area (Å²) < 4.78 is 0. The molecule has 0 saturated carbocycles. The van der Waals surface area contributed by atoms with Crippen molar-refractivity contribution in [1.82, 2.24) is 20.1 Å². The van der Waals surface area contributed by atoms with E-state index in [4.69, 9.17) is 0 Å². The van der Waals surface area contributed by atoms with Crippen LogP contribution in [0, 0.1) is 0 Å². The molecule has 2 heterocycles. The lowest BCUT2D eigenvalue weighted by atomic mass is 10.1. The first-order valence-electron chi connectivity index (χ1n) is 8.24. The van der Waals surface area contributed by atoms with Crippen LogP contribution < -0.4 is 5.32 Å². The van der Waals surface area contributed by atoms with Crippen molar-refractivity contribution in [2.24, 2.45) is 0 Å². The lowest BCUT2D eigenvalue weighted by Crippen LogP contribution is -2.54. The van der Waals surface area contributed by atoms with E-state index in [2.05, 4.69) is 10.3 Å². The number of carbonyl (C=O) groups excluding carboxylic acids is 3. The number of piperazine rings is 1. The molecule has 2 rings (SSSR count).